The van der Waals surface area contributed by atoms with E-state index in [1.165, 1.54) is 25.7 Å². The maximum atomic E-state index is 4.46. The third-order valence-electron chi connectivity index (χ3n) is 4.48. The summed E-state index contributed by atoms with van der Waals surface area (Å²) >= 11 is 0. The Kier molecular flexibility index (Phi) is 2.25. The number of H-pyrrole nitrogens is 1. The molecule has 2 fully saturated rings. The van der Waals surface area contributed by atoms with Gasteiger partial charge in [-0.2, -0.15) is 0 Å². The summed E-state index contributed by atoms with van der Waals surface area (Å²) in [6.07, 6.45) is 8.90. The highest BCUT2D eigenvalue weighted by molar-refractivity contribution is 5.82. The van der Waals surface area contributed by atoms with Crippen molar-refractivity contribution in [3.8, 4) is 0 Å². The van der Waals surface area contributed by atoms with Crippen molar-refractivity contribution in [2.24, 2.45) is 11.8 Å². The SMILES string of the molecule is c1nc(N2C[C@H]3CCCC[C@@H]3C2)c2[nH]cnc2n1. The zero-order valence-electron chi connectivity index (χ0n) is 10.3. The lowest BCUT2D eigenvalue weighted by Crippen LogP contribution is -2.21. The summed E-state index contributed by atoms with van der Waals surface area (Å²) in [5.41, 5.74) is 1.76. The van der Waals surface area contributed by atoms with E-state index in [0.717, 1.165) is 41.9 Å². The molecule has 3 heterocycles. The molecule has 1 aliphatic carbocycles. The van der Waals surface area contributed by atoms with Crippen molar-refractivity contribution < 1.29 is 0 Å². The van der Waals surface area contributed by atoms with Crippen LogP contribution in [0.2, 0.25) is 0 Å². The molecule has 1 aliphatic heterocycles. The van der Waals surface area contributed by atoms with E-state index in [0.29, 0.717) is 0 Å². The molecule has 5 nitrogen and oxygen atoms in total. The van der Waals surface area contributed by atoms with Gasteiger partial charge in [0.05, 0.1) is 6.33 Å². The number of imidazole rings is 1. The van der Waals surface area contributed by atoms with Crippen LogP contribution in [0.5, 0.6) is 0 Å². The third-order valence-corrected chi connectivity index (χ3v) is 4.48. The zero-order valence-corrected chi connectivity index (χ0v) is 10.3. The van der Waals surface area contributed by atoms with Gasteiger partial charge in [-0.3, -0.25) is 0 Å². The molecule has 2 aliphatic rings. The van der Waals surface area contributed by atoms with Gasteiger partial charge >= 0.3 is 0 Å². The van der Waals surface area contributed by atoms with Crippen LogP contribution in [0.4, 0.5) is 5.82 Å². The highest BCUT2D eigenvalue weighted by Gasteiger charge is 2.35. The maximum absolute atomic E-state index is 4.46. The van der Waals surface area contributed by atoms with Gasteiger partial charge in [0.25, 0.3) is 0 Å². The van der Waals surface area contributed by atoms with Gasteiger partial charge in [-0.05, 0) is 24.7 Å². The molecule has 1 N–H and O–H groups in total. The fraction of sp³-hybridized carbons (Fsp3) is 0.615. The van der Waals surface area contributed by atoms with Crippen molar-refractivity contribution in [3.05, 3.63) is 12.7 Å². The van der Waals surface area contributed by atoms with E-state index in [2.05, 4.69) is 24.8 Å². The Bertz CT molecular complexity index is 549. The lowest BCUT2D eigenvalue weighted by atomic mass is 9.82. The second-order valence-electron chi connectivity index (χ2n) is 5.51. The van der Waals surface area contributed by atoms with E-state index >= 15 is 0 Å². The normalized spacial score (nSPS) is 27.7. The van der Waals surface area contributed by atoms with E-state index in [-0.39, 0.29) is 0 Å². The largest absolute Gasteiger partial charge is 0.354 e. The number of nitrogens with one attached hydrogen (secondary N) is 1. The van der Waals surface area contributed by atoms with Crippen molar-refractivity contribution in [1.82, 2.24) is 19.9 Å². The summed E-state index contributed by atoms with van der Waals surface area (Å²) in [6, 6.07) is 0. The van der Waals surface area contributed by atoms with Crippen molar-refractivity contribution >= 4 is 17.0 Å². The van der Waals surface area contributed by atoms with Crippen LogP contribution in [0.3, 0.4) is 0 Å². The molecule has 2 atom stereocenters. The molecule has 0 bridgehead atoms. The molecule has 0 spiro atoms. The molecule has 4 rings (SSSR count). The van der Waals surface area contributed by atoms with Crippen molar-refractivity contribution in [2.75, 3.05) is 18.0 Å². The Balaban J connectivity index is 1.69. The number of rotatable bonds is 1. The summed E-state index contributed by atoms with van der Waals surface area (Å²) in [4.78, 5) is 18.4. The van der Waals surface area contributed by atoms with Crippen LogP contribution in [0.25, 0.3) is 11.2 Å². The van der Waals surface area contributed by atoms with Crippen LogP contribution in [0.1, 0.15) is 25.7 Å². The smallest absolute Gasteiger partial charge is 0.182 e. The molecule has 0 unspecified atom stereocenters. The Morgan fingerprint density at radius 2 is 1.83 bits per heavy atom. The number of hydrogen-bond acceptors (Lipinski definition) is 4. The van der Waals surface area contributed by atoms with E-state index < -0.39 is 0 Å². The number of nitrogens with zero attached hydrogens (tertiary/aromatic N) is 4. The van der Waals surface area contributed by atoms with Gasteiger partial charge in [-0.15, -0.1) is 0 Å². The number of aromatic amines is 1. The Hall–Kier alpha value is -1.65. The van der Waals surface area contributed by atoms with Crippen molar-refractivity contribution in [1.29, 1.82) is 0 Å². The first-order valence-electron chi connectivity index (χ1n) is 6.81. The Morgan fingerprint density at radius 1 is 1.06 bits per heavy atom. The number of fused-ring (bicyclic) bond motifs is 2. The molecule has 18 heavy (non-hydrogen) atoms. The fourth-order valence-corrected chi connectivity index (χ4v) is 3.57. The lowest BCUT2D eigenvalue weighted by Gasteiger charge is -2.22. The monoisotopic (exact) mass is 243 g/mol. The van der Waals surface area contributed by atoms with Crippen LogP contribution < -0.4 is 4.90 Å². The average Bonchev–Trinajstić information content (AvgIpc) is 3.04. The summed E-state index contributed by atoms with van der Waals surface area (Å²) in [5.74, 6) is 2.77. The van der Waals surface area contributed by atoms with Gasteiger partial charge < -0.3 is 9.88 Å². The number of hydrogen-bond donors (Lipinski definition) is 1. The standard InChI is InChI=1S/C13H17N5/c1-2-4-10-6-18(5-9(10)3-1)13-11-12(15-7-14-11)16-8-17-13/h7-10H,1-6H2,(H,14,15,16,17)/t9-,10-/m1/s1. The van der Waals surface area contributed by atoms with Gasteiger partial charge in [0, 0.05) is 13.1 Å². The third kappa shape index (κ3) is 1.50. The molecule has 1 saturated carbocycles. The highest BCUT2D eigenvalue weighted by Crippen LogP contribution is 2.38. The van der Waals surface area contributed by atoms with Crippen molar-refractivity contribution in [2.45, 2.75) is 25.7 Å². The average molecular weight is 243 g/mol. The van der Waals surface area contributed by atoms with E-state index in [1.807, 2.05) is 0 Å². The first-order valence-corrected chi connectivity index (χ1v) is 6.81. The van der Waals surface area contributed by atoms with E-state index in [4.69, 9.17) is 0 Å². The summed E-state index contributed by atoms with van der Waals surface area (Å²) in [6.45, 7) is 2.30. The highest BCUT2D eigenvalue weighted by atomic mass is 15.2. The van der Waals surface area contributed by atoms with Crippen LogP contribution in [-0.2, 0) is 0 Å². The predicted molar refractivity (Wildman–Crippen MR) is 69.3 cm³/mol. The van der Waals surface area contributed by atoms with Gasteiger partial charge in [0.15, 0.2) is 11.5 Å². The molecule has 1 saturated heterocycles. The topological polar surface area (TPSA) is 57.7 Å². The minimum absolute atomic E-state index is 0.773. The summed E-state index contributed by atoms with van der Waals surface area (Å²) in [5, 5.41) is 0. The summed E-state index contributed by atoms with van der Waals surface area (Å²) < 4.78 is 0. The molecule has 0 aromatic carbocycles. The Labute approximate surface area is 106 Å². The number of aromatic nitrogens is 4. The van der Waals surface area contributed by atoms with Crippen LogP contribution in [0.15, 0.2) is 12.7 Å². The second kappa shape index (κ2) is 3.93. The van der Waals surface area contributed by atoms with Gasteiger partial charge in [0.1, 0.15) is 11.8 Å². The van der Waals surface area contributed by atoms with Gasteiger partial charge in [0.2, 0.25) is 0 Å². The fourth-order valence-electron chi connectivity index (χ4n) is 3.57. The molecule has 2 aromatic rings. The Morgan fingerprint density at radius 3 is 2.61 bits per heavy atom. The molecule has 0 amide bonds. The minimum atomic E-state index is 0.773. The van der Waals surface area contributed by atoms with Crippen molar-refractivity contribution in [3.63, 3.8) is 0 Å². The lowest BCUT2D eigenvalue weighted by molar-refractivity contribution is 0.299. The molecule has 5 heteroatoms. The van der Waals surface area contributed by atoms with E-state index in [1.54, 1.807) is 12.7 Å². The molecule has 94 valence electrons. The maximum Gasteiger partial charge on any atom is 0.182 e. The predicted octanol–water partition coefficient (Wildman–Crippen LogP) is 1.98. The number of anilines is 1. The van der Waals surface area contributed by atoms with E-state index in [9.17, 15) is 0 Å². The molecular weight excluding hydrogens is 226 g/mol. The van der Waals surface area contributed by atoms with Gasteiger partial charge in [-0.25, -0.2) is 15.0 Å². The van der Waals surface area contributed by atoms with Crippen LogP contribution in [0, 0.1) is 11.8 Å². The quantitative estimate of drug-likeness (QED) is 0.832. The molecule has 2 aromatic heterocycles. The molecular formula is C13H17N5. The first-order chi connectivity index (χ1) is 8.92. The molecule has 0 radical (unpaired) electrons. The van der Waals surface area contributed by atoms with Crippen LogP contribution >= 0.6 is 0 Å². The zero-order chi connectivity index (χ0) is 11.9. The van der Waals surface area contributed by atoms with Gasteiger partial charge in [-0.1, -0.05) is 12.8 Å². The first kappa shape index (κ1) is 10.3. The van der Waals surface area contributed by atoms with Crippen LogP contribution in [-0.4, -0.2) is 33.0 Å². The second-order valence-corrected chi connectivity index (χ2v) is 5.51. The minimum Gasteiger partial charge on any atom is -0.354 e. The summed E-state index contributed by atoms with van der Waals surface area (Å²) in [7, 11) is 0.